The van der Waals surface area contributed by atoms with E-state index in [1.165, 1.54) is 6.42 Å². The molecule has 5 heteroatoms. The fourth-order valence-electron chi connectivity index (χ4n) is 2.01. The van der Waals surface area contributed by atoms with E-state index >= 15 is 0 Å². The number of nitrogens with one attached hydrogen (secondary N) is 2. The second-order valence-corrected chi connectivity index (χ2v) is 5.22. The molecule has 1 saturated carbocycles. The lowest BCUT2D eigenvalue weighted by atomic mass is 10.1. The first kappa shape index (κ1) is 13.7. The van der Waals surface area contributed by atoms with E-state index in [-0.39, 0.29) is 24.4 Å². The third kappa shape index (κ3) is 3.34. The summed E-state index contributed by atoms with van der Waals surface area (Å²) in [6.45, 7) is 7.27. The lowest BCUT2D eigenvalue weighted by Crippen LogP contribution is -2.51. The van der Waals surface area contributed by atoms with Gasteiger partial charge in [0.25, 0.3) is 0 Å². The molecule has 2 aliphatic rings. The summed E-state index contributed by atoms with van der Waals surface area (Å²) in [5.74, 6) is 0.739. The van der Waals surface area contributed by atoms with E-state index in [0.717, 1.165) is 13.1 Å². The van der Waals surface area contributed by atoms with Crippen LogP contribution >= 0.6 is 12.4 Å². The Morgan fingerprint density at radius 3 is 2.75 bits per heavy atom. The van der Waals surface area contributed by atoms with E-state index in [0.29, 0.717) is 24.5 Å². The van der Waals surface area contributed by atoms with Crippen LogP contribution in [0.3, 0.4) is 0 Å². The molecule has 2 fully saturated rings. The number of rotatable bonds is 3. The highest BCUT2D eigenvalue weighted by Gasteiger charge is 2.45. The van der Waals surface area contributed by atoms with Gasteiger partial charge in [-0.3, -0.25) is 4.79 Å². The second-order valence-electron chi connectivity index (χ2n) is 5.22. The summed E-state index contributed by atoms with van der Waals surface area (Å²) in [7, 11) is 0. The predicted octanol–water partition coefficient (Wildman–Crippen LogP) is 0.559. The zero-order valence-electron chi connectivity index (χ0n) is 9.91. The normalized spacial score (nSPS) is 31.4. The summed E-state index contributed by atoms with van der Waals surface area (Å²) in [4.78, 5) is 11.7. The number of amides is 1. The Bertz CT molecular complexity index is 252. The average molecular weight is 249 g/mol. The molecule has 1 saturated heterocycles. The Morgan fingerprint density at radius 2 is 2.25 bits per heavy atom. The van der Waals surface area contributed by atoms with Crippen molar-refractivity contribution in [3.63, 3.8) is 0 Å². The first-order valence-electron chi connectivity index (χ1n) is 5.68. The maximum atomic E-state index is 11.7. The van der Waals surface area contributed by atoms with Gasteiger partial charge in [-0.2, -0.15) is 0 Å². The van der Waals surface area contributed by atoms with Crippen LogP contribution in [0.25, 0.3) is 0 Å². The molecule has 94 valence electrons. The van der Waals surface area contributed by atoms with Gasteiger partial charge in [-0.15, -0.1) is 12.4 Å². The number of carbonyl (C=O) groups is 1. The van der Waals surface area contributed by atoms with Crippen LogP contribution in [-0.4, -0.2) is 38.3 Å². The smallest absolute Gasteiger partial charge is 0.239 e. The molecule has 0 spiro atoms. The third-order valence-electron chi connectivity index (χ3n) is 3.48. The Morgan fingerprint density at radius 1 is 1.56 bits per heavy atom. The molecule has 1 amide bonds. The van der Waals surface area contributed by atoms with Gasteiger partial charge in [0.15, 0.2) is 0 Å². The highest BCUT2D eigenvalue weighted by molar-refractivity contribution is 5.85. The van der Waals surface area contributed by atoms with Crippen molar-refractivity contribution in [2.75, 3.05) is 26.3 Å². The van der Waals surface area contributed by atoms with Crippen molar-refractivity contribution < 1.29 is 9.53 Å². The predicted molar refractivity (Wildman–Crippen MR) is 64.8 cm³/mol. The topological polar surface area (TPSA) is 50.4 Å². The van der Waals surface area contributed by atoms with E-state index < -0.39 is 0 Å². The highest BCUT2D eigenvalue weighted by Crippen LogP contribution is 2.50. The van der Waals surface area contributed by atoms with E-state index in [2.05, 4.69) is 24.5 Å². The maximum Gasteiger partial charge on any atom is 0.239 e. The first-order valence-corrected chi connectivity index (χ1v) is 5.68. The van der Waals surface area contributed by atoms with Crippen LogP contribution in [0, 0.1) is 11.3 Å². The molecule has 1 heterocycles. The molecule has 2 atom stereocenters. The van der Waals surface area contributed by atoms with Crippen molar-refractivity contribution in [3.8, 4) is 0 Å². The average Bonchev–Trinajstić information content (AvgIpc) is 2.84. The molecule has 2 N–H and O–H groups in total. The highest BCUT2D eigenvalue weighted by atomic mass is 35.5. The molecule has 0 aromatic rings. The maximum absolute atomic E-state index is 11.7. The molecule has 0 bridgehead atoms. The summed E-state index contributed by atoms with van der Waals surface area (Å²) in [5, 5.41) is 6.14. The third-order valence-corrected chi connectivity index (χ3v) is 3.48. The molecule has 1 aliphatic carbocycles. The minimum absolute atomic E-state index is 0. The second kappa shape index (κ2) is 5.34. The number of ether oxygens (including phenoxy) is 1. The molecule has 0 aromatic heterocycles. The van der Waals surface area contributed by atoms with Gasteiger partial charge in [-0.05, 0) is 17.8 Å². The molecule has 0 aromatic carbocycles. The lowest BCUT2D eigenvalue weighted by molar-refractivity contribution is -0.125. The number of morpholine rings is 1. The fourth-order valence-corrected chi connectivity index (χ4v) is 2.01. The van der Waals surface area contributed by atoms with Crippen molar-refractivity contribution in [1.29, 1.82) is 0 Å². The minimum atomic E-state index is -0.152. The zero-order valence-corrected chi connectivity index (χ0v) is 10.7. The Hall–Kier alpha value is -0.320. The summed E-state index contributed by atoms with van der Waals surface area (Å²) >= 11 is 0. The van der Waals surface area contributed by atoms with E-state index in [1.54, 1.807) is 0 Å². The summed E-state index contributed by atoms with van der Waals surface area (Å²) in [5.41, 5.74) is 0.434. The van der Waals surface area contributed by atoms with Crippen molar-refractivity contribution in [2.24, 2.45) is 11.3 Å². The SMILES string of the molecule is CC1(C)CC1CNC(=O)C1COCCN1.Cl. The molecule has 1 aliphatic heterocycles. The van der Waals surface area contributed by atoms with Crippen LogP contribution in [0.5, 0.6) is 0 Å². The molecule has 2 rings (SSSR count). The van der Waals surface area contributed by atoms with Crippen LogP contribution in [-0.2, 0) is 9.53 Å². The monoisotopic (exact) mass is 248 g/mol. The quantitative estimate of drug-likeness (QED) is 0.768. The summed E-state index contributed by atoms with van der Waals surface area (Å²) < 4.78 is 5.24. The molecular weight excluding hydrogens is 228 g/mol. The summed E-state index contributed by atoms with van der Waals surface area (Å²) in [6.07, 6.45) is 1.22. The number of hydrogen-bond donors (Lipinski definition) is 2. The number of halogens is 1. The number of carbonyl (C=O) groups excluding carboxylic acids is 1. The van der Waals surface area contributed by atoms with E-state index in [1.807, 2.05) is 0 Å². The minimum Gasteiger partial charge on any atom is -0.378 e. The molecule has 0 radical (unpaired) electrons. The standard InChI is InChI=1S/C11H20N2O2.ClH/c1-11(2)5-8(11)6-13-10(14)9-7-15-4-3-12-9;/h8-9,12H,3-7H2,1-2H3,(H,13,14);1H. The zero-order chi connectivity index (χ0) is 10.9. The molecule has 16 heavy (non-hydrogen) atoms. The van der Waals surface area contributed by atoms with Gasteiger partial charge in [0, 0.05) is 13.1 Å². The van der Waals surface area contributed by atoms with Crippen LogP contribution in [0.15, 0.2) is 0 Å². The van der Waals surface area contributed by atoms with Gasteiger partial charge in [0.05, 0.1) is 13.2 Å². The van der Waals surface area contributed by atoms with Gasteiger partial charge in [-0.25, -0.2) is 0 Å². The van der Waals surface area contributed by atoms with Gasteiger partial charge < -0.3 is 15.4 Å². The molecule has 2 unspecified atom stereocenters. The van der Waals surface area contributed by atoms with Crippen LogP contribution in [0.2, 0.25) is 0 Å². The van der Waals surface area contributed by atoms with Gasteiger partial charge in [0.1, 0.15) is 6.04 Å². The number of hydrogen-bond acceptors (Lipinski definition) is 3. The fraction of sp³-hybridized carbons (Fsp3) is 0.909. The van der Waals surface area contributed by atoms with E-state index in [9.17, 15) is 4.79 Å². The Kier molecular flexibility index (Phi) is 4.59. The van der Waals surface area contributed by atoms with Gasteiger partial charge in [0.2, 0.25) is 5.91 Å². The van der Waals surface area contributed by atoms with Crippen LogP contribution in [0.1, 0.15) is 20.3 Å². The van der Waals surface area contributed by atoms with Crippen LogP contribution in [0.4, 0.5) is 0 Å². The Balaban J connectivity index is 0.00000128. The van der Waals surface area contributed by atoms with Gasteiger partial charge in [-0.1, -0.05) is 13.8 Å². The van der Waals surface area contributed by atoms with E-state index in [4.69, 9.17) is 4.74 Å². The lowest BCUT2D eigenvalue weighted by Gasteiger charge is -2.23. The van der Waals surface area contributed by atoms with Crippen molar-refractivity contribution in [2.45, 2.75) is 26.3 Å². The van der Waals surface area contributed by atoms with Gasteiger partial charge >= 0.3 is 0 Å². The van der Waals surface area contributed by atoms with Crippen LogP contribution < -0.4 is 10.6 Å². The Labute approximate surface area is 103 Å². The molecular formula is C11H21ClN2O2. The van der Waals surface area contributed by atoms with Crippen molar-refractivity contribution in [1.82, 2.24) is 10.6 Å². The molecule has 4 nitrogen and oxygen atoms in total. The largest absolute Gasteiger partial charge is 0.378 e. The summed E-state index contributed by atoms with van der Waals surface area (Å²) in [6, 6.07) is -0.152. The van der Waals surface area contributed by atoms with Crippen molar-refractivity contribution in [3.05, 3.63) is 0 Å². The van der Waals surface area contributed by atoms with Crippen molar-refractivity contribution >= 4 is 18.3 Å². The first-order chi connectivity index (χ1) is 7.09.